The number of hydrazine groups is 1. The van der Waals surface area contributed by atoms with Gasteiger partial charge in [-0.2, -0.15) is 0 Å². The number of benzene rings is 2. The van der Waals surface area contributed by atoms with Gasteiger partial charge in [-0.05, 0) is 55.3 Å². The zero-order chi connectivity index (χ0) is 14.0. The van der Waals surface area contributed by atoms with Gasteiger partial charge in [0.15, 0.2) is 5.03 Å². The number of nitrogens with zero attached hydrogens (tertiary/aromatic N) is 2. The minimum absolute atomic E-state index is 0.398. The van der Waals surface area contributed by atoms with E-state index in [1.54, 1.807) is 24.3 Å². The standard InChI is InChI=1S/C14H13BrN2O2/c1-10-3-4-11(2)14(9-10)16(17(18)19)13-7-5-12(15)6-8-13/h3-9H,1-2H3. The van der Waals surface area contributed by atoms with Crippen molar-refractivity contribution >= 4 is 27.3 Å². The van der Waals surface area contributed by atoms with E-state index in [1.807, 2.05) is 32.0 Å². The molecule has 0 atom stereocenters. The maximum absolute atomic E-state index is 11.4. The maximum atomic E-state index is 11.4. The van der Waals surface area contributed by atoms with Crippen LogP contribution in [0.15, 0.2) is 46.9 Å². The van der Waals surface area contributed by atoms with E-state index in [9.17, 15) is 10.1 Å². The van der Waals surface area contributed by atoms with Gasteiger partial charge < -0.3 is 0 Å². The van der Waals surface area contributed by atoms with Gasteiger partial charge in [0, 0.05) is 4.47 Å². The van der Waals surface area contributed by atoms with Crippen LogP contribution in [0.3, 0.4) is 0 Å². The van der Waals surface area contributed by atoms with Crippen LogP contribution in [-0.2, 0) is 0 Å². The highest BCUT2D eigenvalue weighted by molar-refractivity contribution is 9.10. The van der Waals surface area contributed by atoms with E-state index in [2.05, 4.69) is 15.9 Å². The van der Waals surface area contributed by atoms with Crippen LogP contribution in [0, 0.1) is 24.0 Å². The monoisotopic (exact) mass is 320 g/mol. The fourth-order valence-corrected chi connectivity index (χ4v) is 2.12. The largest absolute Gasteiger partial charge is 0.234 e. The Morgan fingerprint density at radius 2 is 1.74 bits per heavy atom. The molecule has 0 aromatic heterocycles. The molecule has 0 saturated heterocycles. The third kappa shape index (κ3) is 2.93. The Morgan fingerprint density at radius 1 is 1.11 bits per heavy atom. The van der Waals surface area contributed by atoms with Gasteiger partial charge >= 0.3 is 0 Å². The summed E-state index contributed by atoms with van der Waals surface area (Å²) in [7, 11) is 0. The average Bonchev–Trinajstić information content (AvgIpc) is 2.36. The highest BCUT2D eigenvalue weighted by Gasteiger charge is 2.21. The van der Waals surface area contributed by atoms with Crippen LogP contribution in [0.2, 0.25) is 0 Å². The predicted octanol–water partition coefficient (Wildman–Crippen LogP) is 4.40. The van der Waals surface area contributed by atoms with Crippen LogP contribution in [0.5, 0.6) is 0 Å². The summed E-state index contributed by atoms with van der Waals surface area (Å²) in [5.41, 5.74) is 2.98. The second-order valence-electron chi connectivity index (χ2n) is 4.32. The molecule has 0 N–H and O–H groups in total. The van der Waals surface area contributed by atoms with Crippen molar-refractivity contribution in [2.24, 2.45) is 0 Å². The lowest BCUT2D eigenvalue weighted by Gasteiger charge is -2.16. The van der Waals surface area contributed by atoms with E-state index >= 15 is 0 Å². The fraction of sp³-hybridized carbons (Fsp3) is 0.143. The molecule has 2 rings (SSSR count). The van der Waals surface area contributed by atoms with E-state index in [0.29, 0.717) is 11.4 Å². The Morgan fingerprint density at radius 3 is 2.32 bits per heavy atom. The highest BCUT2D eigenvalue weighted by Crippen LogP contribution is 2.30. The van der Waals surface area contributed by atoms with Gasteiger partial charge in [-0.15, -0.1) is 0 Å². The number of nitro groups is 1. The quantitative estimate of drug-likeness (QED) is 0.622. The molecule has 0 fully saturated rings. The Hall–Kier alpha value is -1.88. The van der Waals surface area contributed by atoms with E-state index in [-0.39, 0.29) is 0 Å². The number of hydrogen-bond acceptors (Lipinski definition) is 2. The molecule has 2 aromatic carbocycles. The summed E-state index contributed by atoms with van der Waals surface area (Å²) in [5, 5.41) is 12.1. The molecule has 98 valence electrons. The zero-order valence-electron chi connectivity index (χ0n) is 10.6. The highest BCUT2D eigenvalue weighted by atomic mass is 79.9. The first-order valence-electron chi connectivity index (χ1n) is 5.76. The smallest absolute Gasteiger partial charge is 0.170 e. The van der Waals surface area contributed by atoms with Crippen LogP contribution in [-0.4, -0.2) is 5.03 Å². The van der Waals surface area contributed by atoms with Gasteiger partial charge in [0.05, 0.1) is 0 Å². The molecule has 0 saturated carbocycles. The summed E-state index contributed by atoms with van der Waals surface area (Å²) in [5.74, 6) is 0. The predicted molar refractivity (Wildman–Crippen MR) is 79.2 cm³/mol. The Labute approximate surface area is 119 Å². The van der Waals surface area contributed by atoms with Crippen LogP contribution >= 0.6 is 15.9 Å². The molecule has 0 aliphatic heterocycles. The first-order valence-corrected chi connectivity index (χ1v) is 6.55. The second kappa shape index (κ2) is 5.40. The molecule has 0 radical (unpaired) electrons. The summed E-state index contributed by atoms with van der Waals surface area (Å²) in [6.45, 7) is 3.78. The fourth-order valence-electron chi connectivity index (χ4n) is 1.85. The van der Waals surface area contributed by atoms with E-state index in [0.717, 1.165) is 20.6 Å². The molecule has 0 unspecified atom stereocenters. The lowest BCUT2D eigenvalue weighted by Crippen LogP contribution is -2.25. The molecule has 0 aliphatic carbocycles. The molecule has 4 nitrogen and oxygen atoms in total. The van der Waals surface area contributed by atoms with Gasteiger partial charge in [0.1, 0.15) is 11.4 Å². The van der Waals surface area contributed by atoms with E-state index in [4.69, 9.17) is 0 Å². The zero-order valence-corrected chi connectivity index (χ0v) is 12.2. The van der Waals surface area contributed by atoms with Crippen molar-refractivity contribution < 1.29 is 5.03 Å². The molecule has 0 aliphatic rings. The Bertz CT molecular complexity index is 611. The van der Waals surface area contributed by atoms with Crippen LogP contribution in [0.1, 0.15) is 11.1 Å². The first kappa shape index (κ1) is 13.5. The van der Waals surface area contributed by atoms with Crippen molar-refractivity contribution in [3.63, 3.8) is 0 Å². The van der Waals surface area contributed by atoms with Crippen molar-refractivity contribution in [3.8, 4) is 0 Å². The van der Waals surface area contributed by atoms with E-state index < -0.39 is 5.03 Å². The minimum Gasteiger partial charge on any atom is -0.234 e. The number of hydrogen-bond donors (Lipinski definition) is 0. The number of halogens is 1. The third-order valence-corrected chi connectivity index (χ3v) is 3.36. The molecular formula is C14H13BrN2O2. The molecule has 19 heavy (non-hydrogen) atoms. The van der Waals surface area contributed by atoms with Gasteiger partial charge in [-0.1, -0.05) is 33.1 Å². The topological polar surface area (TPSA) is 46.4 Å². The molecular weight excluding hydrogens is 308 g/mol. The summed E-state index contributed by atoms with van der Waals surface area (Å²) in [6, 6.07) is 12.7. The SMILES string of the molecule is Cc1ccc(C)c(N(c2ccc(Br)cc2)[N+](=O)[O-])c1. The lowest BCUT2D eigenvalue weighted by molar-refractivity contribution is -0.483. The Kier molecular flexibility index (Phi) is 3.85. The van der Waals surface area contributed by atoms with Crippen LogP contribution in [0.4, 0.5) is 11.4 Å². The summed E-state index contributed by atoms with van der Waals surface area (Å²) < 4.78 is 0.889. The van der Waals surface area contributed by atoms with Gasteiger partial charge in [0.25, 0.3) is 0 Å². The maximum Gasteiger partial charge on any atom is 0.170 e. The summed E-state index contributed by atoms with van der Waals surface area (Å²) in [6.07, 6.45) is 0. The normalized spacial score (nSPS) is 10.3. The number of rotatable bonds is 3. The number of aryl methyl sites for hydroxylation is 2. The minimum atomic E-state index is -0.398. The van der Waals surface area contributed by atoms with Gasteiger partial charge in [-0.3, -0.25) is 0 Å². The van der Waals surface area contributed by atoms with Crippen molar-refractivity contribution in [2.75, 3.05) is 5.01 Å². The molecule has 0 spiro atoms. The molecule has 0 amide bonds. The van der Waals surface area contributed by atoms with Crippen molar-refractivity contribution in [1.82, 2.24) is 0 Å². The molecule has 5 heteroatoms. The van der Waals surface area contributed by atoms with Crippen molar-refractivity contribution in [1.29, 1.82) is 0 Å². The van der Waals surface area contributed by atoms with Gasteiger partial charge in [0.2, 0.25) is 0 Å². The summed E-state index contributed by atoms with van der Waals surface area (Å²) >= 11 is 3.33. The molecule has 0 heterocycles. The molecule has 2 aromatic rings. The lowest BCUT2D eigenvalue weighted by atomic mass is 10.1. The van der Waals surface area contributed by atoms with E-state index in [1.165, 1.54) is 0 Å². The van der Waals surface area contributed by atoms with Gasteiger partial charge in [-0.25, -0.2) is 10.1 Å². The third-order valence-electron chi connectivity index (χ3n) is 2.83. The van der Waals surface area contributed by atoms with Crippen LogP contribution < -0.4 is 5.01 Å². The van der Waals surface area contributed by atoms with Crippen molar-refractivity contribution in [2.45, 2.75) is 13.8 Å². The van der Waals surface area contributed by atoms with Crippen LogP contribution in [0.25, 0.3) is 0 Å². The average molecular weight is 321 g/mol. The number of anilines is 2. The molecule has 0 bridgehead atoms. The summed E-state index contributed by atoms with van der Waals surface area (Å²) in [4.78, 5) is 11.4. The second-order valence-corrected chi connectivity index (χ2v) is 5.23. The van der Waals surface area contributed by atoms with Crippen molar-refractivity contribution in [3.05, 3.63) is 68.2 Å². The Balaban J connectivity index is 2.54. The first-order chi connectivity index (χ1) is 8.99.